The van der Waals surface area contributed by atoms with E-state index >= 15 is 0 Å². The number of fused-ring (bicyclic) bond motifs is 1. The molecule has 0 unspecified atom stereocenters. The molecule has 1 aromatic rings. The van der Waals surface area contributed by atoms with E-state index in [1.54, 1.807) is 6.07 Å². The van der Waals surface area contributed by atoms with E-state index < -0.39 is 29.5 Å². The van der Waals surface area contributed by atoms with Crippen molar-refractivity contribution in [2.45, 2.75) is 25.2 Å². The fourth-order valence-electron chi connectivity index (χ4n) is 3.09. The zero-order valence-corrected chi connectivity index (χ0v) is 10.3. The van der Waals surface area contributed by atoms with Crippen LogP contribution in [0.5, 0.6) is 0 Å². The summed E-state index contributed by atoms with van der Waals surface area (Å²) < 4.78 is 14.1. The number of rotatable bonds is 2. The number of aryl methyl sites for hydroxylation is 2. The van der Waals surface area contributed by atoms with E-state index in [0.717, 1.165) is 30.4 Å². The third-order valence-electron chi connectivity index (χ3n) is 4.06. The van der Waals surface area contributed by atoms with Gasteiger partial charge in [-0.25, -0.2) is 4.39 Å². The molecule has 1 aliphatic carbocycles. The molecule has 0 bridgehead atoms. The topological polar surface area (TPSA) is 66.4 Å². The maximum Gasteiger partial charge on any atom is 0.316 e. The lowest BCUT2D eigenvalue weighted by molar-refractivity contribution is -0.145. The molecule has 100 valence electrons. The molecule has 0 aromatic heterocycles. The summed E-state index contributed by atoms with van der Waals surface area (Å²) in [6.07, 6.45) is 2.77. The van der Waals surface area contributed by atoms with Gasteiger partial charge in [-0.3, -0.25) is 9.59 Å². The van der Waals surface area contributed by atoms with Crippen LogP contribution in [0.15, 0.2) is 12.1 Å². The largest absolute Gasteiger partial charge is 0.481 e. The summed E-state index contributed by atoms with van der Waals surface area (Å²) in [5.41, 5.74) is 2.44. The second kappa shape index (κ2) is 4.33. The molecule has 2 aliphatic rings. The summed E-state index contributed by atoms with van der Waals surface area (Å²) in [4.78, 5) is 22.7. The number of carboxylic acid groups (broad SMARTS) is 1. The number of carboxylic acids is 1. The van der Waals surface area contributed by atoms with E-state index in [9.17, 15) is 14.0 Å². The van der Waals surface area contributed by atoms with Gasteiger partial charge in [0.1, 0.15) is 11.7 Å². The Hall–Kier alpha value is -1.91. The third-order valence-corrected chi connectivity index (χ3v) is 4.06. The highest BCUT2D eigenvalue weighted by molar-refractivity contribution is 5.99. The summed E-state index contributed by atoms with van der Waals surface area (Å²) in [7, 11) is 0. The van der Waals surface area contributed by atoms with Gasteiger partial charge < -0.3 is 10.4 Å². The maximum absolute atomic E-state index is 14.1. The molecule has 3 rings (SSSR count). The average Bonchev–Trinajstić information content (AvgIpc) is 2.93. The van der Waals surface area contributed by atoms with Gasteiger partial charge >= 0.3 is 5.97 Å². The van der Waals surface area contributed by atoms with Gasteiger partial charge in [0.05, 0.1) is 0 Å². The van der Waals surface area contributed by atoms with Crippen LogP contribution in [0.2, 0.25) is 0 Å². The van der Waals surface area contributed by atoms with Crippen molar-refractivity contribution in [3.8, 4) is 0 Å². The Morgan fingerprint density at radius 1 is 1.32 bits per heavy atom. The molecule has 5 heteroatoms. The number of halogens is 1. The van der Waals surface area contributed by atoms with E-state index in [0.29, 0.717) is 5.56 Å². The van der Waals surface area contributed by atoms with Crippen LogP contribution < -0.4 is 5.32 Å². The fraction of sp³-hybridized carbons (Fsp3) is 0.429. The van der Waals surface area contributed by atoms with Gasteiger partial charge in [0.15, 0.2) is 0 Å². The highest BCUT2D eigenvalue weighted by Crippen LogP contribution is 2.34. The highest BCUT2D eigenvalue weighted by atomic mass is 19.1. The van der Waals surface area contributed by atoms with Gasteiger partial charge in [-0.2, -0.15) is 0 Å². The first-order valence-corrected chi connectivity index (χ1v) is 6.39. The van der Waals surface area contributed by atoms with Crippen LogP contribution in [-0.4, -0.2) is 23.5 Å². The molecule has 0 radical (unpaired) electrons. The summed E-state index contributed by atoms with van der Waals surface area (Å²) in [5.74, 6) is -3.92. The Balaban J connectivity index is 2.02. The number of aliphatic carboxylic acids is 1. The Bertz CT molecular complexity index is 570. The maximum atomic E-state index is 14.1. The molecule has 2 atom stereocenters. The van der Waals surface area contributed by atoms with Gasteiger partial charge in [0, 0.05) is 12.5 Å². The third kappa shape index (κ3) is 1.89. The minimum Gasteiger partial charge on any atom is -0.481 e. The van der Waals surface area contributed by atoms with Crippen LogP contribution in [-0.2, 0) is 22.4 Å². The standard InChI is InChI=1S/C14H14FNO3/c15-11-5-8-3-1-2-7(8)4-9(11)10-6-16-13(17)12(10)14(18)19/h4-5,10,12H,1-3,6H2,(H,16,17)(H,18,19)/t10-,12-/m0/s1. The number of benzene rings is 1. The van der Waals surface area contributed by atoms with Crippen LogP contribution in [0.1, 0.15) is 29.0 Å². The summed E-state index contributed by atoms with van der Waals surface area (Å²) in [5, 5.41) is 11.6. The van der Waals surface area contributed by atoms with Crippen LogP contribution in [0.4, 0.5) is 4.39 Å². The number of carbonyl (C=O) groups excluding carboxylic acids is 1. The van der Waals surface area contributed by atoms with Crippen LogP contribution in [0, 0.1) is 11.7 Å². The Kier molecular flexibility index (Phi) is 2.77. The molecule has 1 aromatic carbocycles. The SMILES string of the molecule is O=C(O)[C@@H]1C(=O)NC[C@H]1c1cc2c(cc1F)CCC2. The first-order chi connectivity index (χ1) is 9.08. The summed E-state index contributed by atoms with van der Waals surface area (Å²) >= 11 is 0. The first kappa shape index (κ1) is 12.1. The molecule has 2 N–H and O–H groups in total. The molecule has 1 amide bonds. The van der Waals surface area contributed by atoms with Gasteiger partial charge in [0.25, 0.3) is 0 Å². The molecule has 1 saturated heterocycles. The van der Waals surface area contributed by atoms with Crippen molar-refractivity contribution in [2.24, 2.45) is 5.92 Å². The monoisotopic (exact) mass is 263 g/mol. The fourth-order valence-corrected chi connectivity index (χ4v) is 3.09. The normalized spacial score (nSPS) is 25.2. The lowest BCUT2D eigenvalue weighted by Gasteiger charge is -2.16. The van der Waals surface area contributed by atoms with Gasteiger partial charge in [-0.05, 0) is 42.0 Å². The molecule has 1 fully saturated rings. The molecule has 4 nitrogen and oxygen atoms in total. The van der Waals surface area contributed by atoms with E-state index in [4.69, 9.17) is 5.11 Å². The van der Waals surface area contributed by atoms with Crippen molar-refractivity contribution < 1.29 is 19.1 Å². The molecule has 19 heavy (non-hydrogen) atoms. The van der Waals surface area contributed by atoms with E-state index in [1.807, 2.05) is 0 Å². The lowest BCUT2D eigenvalue weighted by atomic mass is 9.87. The quantitative estimate of drug-likeness (QED) is 0.789. The number of hydrogen-bond acceptors (Lipinski definition) is 2. The molecule has 0 saturated carbocycles. The van der Waals surface area contributed by atoms with Crippen molar-refractivity contribution in [3.63, 3.8) is 0 Å². The predicted octanol–water partition coefficient (Wildman–Crippen LogP) is 1.23. The van der Waals surface area contributed by atoms with E-state index in [2.05, 4.69) is 5.32 Å². The van der Waals surface area contributed by atoms with Crippen molar-refractivity contribution in [3.05, 3.63) is 34.6 Å². The first-order valence-electron chi connectivity index (χ1n) is 6.39. The number of nitrogens with one attached hydrogen (secondary N) is 1. The zero-order valence-electron chi connectivity index (χ0n) is 10.3. The predicted molar refractivity (Wildman–Crippen MR) is 65.3 cm³/mol. The van der Waals surface area contributed by atoms with Crippen LogP contribution in [0.3, 0.4) is 0 Å². The van der Waals surface area contributed by atoms with Crippen molar-refractivity contribution in [2.75, 3.05) is 6.54 Å². The van der Waals surface area contributed by atoms with Gasteiger partial charge in [0.2, 0.25) is 5.91 Å². The van der Waals surface area contributed by atoms with E-state index in [-0.39, 0.29) is 6.54 Å². The second-order valence-corrected chi connectivity index (χ2v) is 5.16. The molecular weight excluding hydrogens is 249 g/mol. The van der Waals surface area contributed by atoms with Crippen LogP contribution >= 0.6 is 0 Å². The molecule has 0 spiro atoms. The van der Waals surface area contributed by atoms with Crippen molar-refractivity contribution in [1.29, 1.82) is 0 Å². The number of carbonyl (C=O) groups is 2. The minimum atomic E-state index is -1.19. The summed E-state index contributed by atoms with van der Waals surface area (Å²) in [6.45, 7) is 0.186. The Morgan fingerprint density at radius 3 is 2.68 bits per heavy atom. The van der Waals surface area contributed by atoms with Crippen molar-refractivity contribution in [1.82, 2.24) is 5.32 Å². The number of hydrogen-bond donors (Lipinski definition) is 2. The lowest BCUT2D eigenvalue weighted by Crippen LogP contribution is -2.27. The smallest absolute Gasteiger partial charge is 0.316 e. The second-order valence-electron chi connectivity index (χ2n) is 5.16. The van der Waals surface area contributed by atoms with Gasteiger partial charge in [-0.1, -0.05) is 6.07 Å². The number of amides is 1. The molecular formula is C14H14FNO3. The van der Waals surface area contributed by atoms with Crippen LogP contribution in [0.25, 0.3) is 0 Å². The Morgan fingerprint density at radius 2 is 2.00 bits per heavy atom. The van der Waals surface area contributed by atoms with Crippen molar-refractivity contribution >= 4 is 11.9 Å². The zero-order chi connectivity index (χ0) is 13.6. The van der Waals surface area contributed by atoms with E-state index in [1.165, 1.54) is 6.07 Å². The Labute approximate surface area is 109 Å². The summed E-state index contributed by atoms with van der Waals surface area (Å²) in [6, 6.07) is 3.25. The highest BCUT2D eigenvalue weighted by Gasteiger charge is 2.42. The average molecular weight is 263 g/mol. The molecule has 1 heterocycles. The van der Waals surface area contributed by atoms with Gasteiger partial charge in [-0.15, -0.1) is 0 Å². The minimum absolute atomic E-state index is 0.186. The molecule has 1 aliphatic heterocycles.